The van der Waals surface area contributed by atoms with E-state index in [1.54, 1.807) is 25.1 Å². The molecule has 1 saturated carbocycles. The highest BCUT2D eigenvalue weighted by Gasteiger charge is 2.34. The Hall–Kier alpha value is -2.21. The Bertz CT molecular complexity index is 934. The molecule has 1 amide bonds. The normalized spacial score (nSPS) is 19.7. The SMILES string of the molecule is Cc1cccc(S(=O)(=O)CC2CC(NC(=O)c3ccc(F)c(C)c3)C2)c1. The van der Waals surface area contributed by atoms with Gasteiger partial charge in [-0.25, -0.2) is 12.8 Å². The molecule has 2 aromatic rings. The minimum absolute atomic E-state index is 0.0365. The summed E-state index contributed by atoms with van der Waals surface area (Å²) in [7, 11) is -3.31. The van der Waals surface area contributed by atoms with Crippen molar-refractivity contribution in [2.24, 2.45) is 5.92 Å². The van der Waals surface area contributed by atoms with Crippen LogP contribution < -0.4 is 5.32 Å². The van der Waals surface area contributed by atoms with Crippen molar-refractivity contribution in [1.82, 2.24) is 5.32 Å². The third kappa shape index (κ3) is 4.12. The van der Waals surface area contributed by atoms with Gasteiger partial charge in [0.15, 0.2) is 9.84 Å². The molecule has 1 aliphatic carbocycles. The van der Waals surface area contributed by atoms with Gasteiger partial charge in [0.05, 0.1) is 10.6 Å². The predicted octanol–water partition coefficient (Wildman–Crippen LogP) is 3.42. The van der Waals surface area contributed by atoms with E-state index in [4.69, 9.17) is 0 Å². The van der Waals surface area contributed by atoms with Crippen LogP contribution in [0, 0.1) is 25.6 Å². The molecule has 6 heteroatoms. The van der Waals surface area contributed by atoms with Gasteiger partial charge in [-0.2, -0.15) is 0 Å². The van der Waals surface area contributed by atoms with E-state index >= 15 is 0 Å². The van der Waals surface area contributed by atoms with Gasteiger partial charge in [0.1, 0.15) is 5.82 Å². The van der Waals surface area contributed by atoms with Crippen LogP contribution in [0.25, 0.3) is 0 Å². The topological polar surface area (TPSA) is 63.2 Å². The van der Waals surface area contributed by atoms with Crippen LogP contribution in [0.2, 0.25) is 0 Å². The molecular formula is C20H22FNO3S. The quantitative estimate of drug-likeness (QED) is 0.871. The molecule has 26 heavy (non-hydrogen) atoms. The first kappa shape index (κ1) is 18.6. The summed E-state index contributed by atoms with van der Waals surface area (Å²) in [6.45, 7) is 3.48. The molecule has 0 bridgehead atoms. The second-order valence-electron chi connectivity index (χ2n) is 7.07. The maximum absolute atomic E-state index is 13.3. The molecule has 1 aliphatic rings. The molecule has 3 rings (SSSR count). The fraction of sp³-hybridized carbons (Fsp3) is 0.350. The number of amides is 1. The number of carbonyl (C=O) groups excluding carboxylic acids is 1. The molecule has 1 N–H and O–H groups in total. The third-order valence-electron chi connectivity index (χ3n) is 4.79. The van der Waals surface area contributed by atoms with Gasteiger partial charge < -0.3 is 5.32 Å². The summed E-state index contributed by atoms with van der Waals surface area (Å²) in [6.07, 6.45) is 1.27. The average Bonchev–Trinajstić information content (AvgIpc) is 2.55. The van der Waals surface area contributed by atoms with Crippen molar-refractivity contribution in [2.45, 2.75) is 37.6 Å². The molecule has 0 atom stereocenters. The van der Waals surface area contributed by atoms with E-state index in [2.05, 4.69) is 5.32 Å². The summed E-state index contributed by atoms with van der Waals surface area (Å²) in [6, 6.07) is 11.1. The Morgan fingerprint density at radius 3 is 2.54 bits per heavy atom. The van der Waals surface area contributed by atoms with Crippen LogP contribution in [0.5, 0.6) is 0 Å². The van der Waals surface area contributed by atoms with Crippen LogP contribution in [0.4, 0.5) is 4.39 Å². The molecule has 0 aliphatic heterocycles. The second-order valence-corrected chi connectivity index (χ2v) is 9.10. The zero-order chi connectivity index (χ0) is 18.9. The molecule has 4 nitrogen and oxygen atoms in total. The maximum atomic E-state index is 13.3. The minimum Gasteiger partial charge on any atom is -0.349 e. The van der Waals surface area contributed by atoms with Crippen LogP contribution >= 0.6 is 0 Å². The number of rotatable bonds is 5. The van der Waals surface area contributed by atoms with Crippen molar-refractivity contribution in [1.29, 1.82) is 0 Å². The first-order valence-corrected chi connectivity index (χ1v) is 10.3. The van der Waals surface area contributed by atoms with Crippen LogP contribution in [-0.2, 0) is 9.84 Å². The van der Waals surface area contributed by atoms with E-state index in [-0.39, 0.29) is 29.4 Å². The molecule has 0 unspecified atom stereocenters. The highest BCUT2D eigenvalue weighted by atomic mass is 32.2. The summed E-state index contributed by atoms with van der Waals surface area (Å²) >= 11 is 0. The van der Waals surface area contributed by atoms with Crippen molar-refractivity contribution in [3.63, 3.8) is 0 Å². The third-order valence-corrected chi connectivity index (χ3v) is 6.68. The summed E-state index contributed by atoms with van der Waals surface area (Å²) < 4.78 is 38.3. The maximum Gasteiger partial charge on any atom is 0.251 e. The highest BCUT2D eigenvalue weighted by molar-refractivity contribution is 7.91. The predicted molar refractivity (Wildman–Crippen MR) is 98.3 cm³/mol. The van der Waals surface area contributed by atoms with Gasteiger partial charge in [0.25, 0.3) is 5.91 Å². The number of sulfone groups is 1. The monoisotopic (exact) mass is 375 g/mol. The fourth-order valence-corrected chi connectivity index (χ4v) is 5.00. The number of halogens is 1. The number of hydrogen-bond donors (Lipinski definition) is 1. The van der Waals surface area contributed by atoms with E-state index < -0.39 is 9.84 Å². The Labute approximate surface area is 153 Å². The zero-order valence-corrected chi connectivity index (χ0v) is 15.6. The molecule has 1 fully saturated rings. The minimum atomic E-state index is -3.31. The standard InChI is InChI=1S/C20H22FNO3S/c1-13-4-3-5-18(8-13)26(24,25)12-15-10-17(11-15)22-20(23)16-6-7-19(21)14(2)9-16/h3-9,15,17H,10-12H2,1-2H3,(H,22,23). The van der Waals surface area contributed by atoms with Gasteiger partial charge in [-0.05, 0) is 74.1 Å². The number of hydrogen-bond acceptors (Lipinski definition) is 3. The number of benzene rings is 2. The van der Waals surface area contributed by atoms with Crippen molar-refractivity contribution in [3.05, 3.63) is 65.0 Å². The van der Waals surface area contributed by atoms with Gasteiger partial charge in [0.2, 0.25) is 0 Å². The lowest BCUT2D eigenvalue weighted by Gasteiger charge is -2.35. The van der Waals surface area contributed by atoms with E-state index in [1.165, 1.54) is 18.2 Å². The summed E-state index contributed by atoms with van der Waals surface area (Å²) in [5.41, 5.74) is 1.76. The number of aryl methyl sites for hydroxylation is 2. The summed E-state index contributed by atoms with van der Waals surface area (Å²) in [5.74, 6) is -0.455. The highest BCUT2D eigenvalue weighted by Crippen LogP contribution is 2.31. The average molecular weight is 375 g/mol. The van der Waals surface area contributed by atoms with Gasteiger partial charge in [0, 0.05) is 11.6 Å². The van der Waals surface area contributed by atoms with Crippen LogP contribution in [-0.4, -0.2) is 26.1 Å². The van der Waals surface area contributed by atoms with Gasteiger partial charge >= 0.3 is 0 Å². The van der Waals surface area contributed by atoms with E-state index in [1.807, 2.05) is 13.0 Å². The smallest absolute Gasteiger partial charge is 0.251 e. The first-order valence-electron chi connectivity index (χ1n) is 8.61. The lowest BCUT2D eigenvalue weighted by Crippen LogP contribution is -2.46. The Kier molecular flexibility index (Phi) is 5.14. The first-order chi connectivity index (χ1) is 12.2. The Morgan fingerprint density at radius 1 is 1.15 bits per heavy atom. The molecule has 0 radical (unpaired) electrons. The van der Waals surface area contributed by atoms with Gasteiger partial charge in [-0.3, -0.25) is 4.79 Å². The Morgan fingerprint density at radius 2 is 1.88 bits per heavy atom. The fourth-order valence-electron chi connectivity index (χ4n) is 3.26. The summed E-state index contributed by atoms with van der Waals surface area (Å²) in [5, 5.41) is 2.89. The lowest BCUT2D eigenvalue weighted by atomic mass is 9.81. The second kappa shape index (κ2) is 7.19. The van der Waals surface area contributed by atoms with Crippen molar-refractivity contribution in [3.8, 4) is 0 Å². The van der Waals surface area contributed by atoms with Crippen LogP contribution in [0.15, 0.2) is 47.4 Å². The van der Waals surface area contributed by atoms with Gasteiger partial charge in [-0.1, -0.05) is 12.1 Å². The van der Waals surface area contributed by atoms with Gasteiger partial charge in [-0.15, -0.1) is 0 Å². The van der Waals surface area contributed by atoms with Crippen molar-refractivity contribution < 1.29 is 17.6 Å². The van der Waals surface area contributed by atoms with E-state index in [0.717, 1.165) is 5.56 Å². The molecule has 0 spiro atoms. The summed E-state index contributed by atoms with van der Waals surface area (Å²) in [4.78, 5) is 12.6. The van der Waals surface area contributed by atoms with E-state index in [0.29, 0.717) is 28.9 Å². The molecule has 0 heterocycles. The lowest BCUT2D eigenvalue weighted by molar-refractivity contribution is 0.0897. The molecule has 138 valence electrons. The Balaban J connectivity index is 1.54. The molecule has 2 aromatic carbocycles. The zero-order valence-electron chi connectivity index (χ0n) is 14.8. The van der Waals surface area contributed by atoms with E-state index in [9.17, 15) is 17.6 Å². The molecular weight excluding hydrogens is 353 g/mol. The number of carbonyl (C=O) groups is 1. The van der Waals surface area contributed by atoms with Crippen molar-refractivity contribution >= 4 is 15.7 Å². The van der Waals surface area contributed by atoms with Crippen LogP contribution in [0.1, 0.15) is 34.3 Å². The molecule has 0 aromatic heterocycles. The van der Waals surface area contributed by atoms with Crippen LogP contribution in [0.3, 0.4) is 0 Å². The number of nitrogens with one attached hydrogen (secondary N) is 1. The largest absolute Gasteiger partial charge is 0.349 e. The molecule has 0 saturated heterocycles. The van der Waals surface area contributed by atoms with Crippen molar-refractivity contribution in [2.75, 3.05) is 5.75 Å².